The van der Waals surface area contributed by atoms with Crippen LogP contribution in [-0.2, 0) is 0 Å². The van der Waals surface area contributed by atoms with E-state index >= 15 is 0 Å². The predicted octanol–water partition coefficient (Wildman–Crippen LogP) is 3.55. The largest absolute Gasteiger partial charge is 0.370 e. The van der Waals surface area contributed by atoms with Crippen molar-refractivity contribution in [3.05, 3.63) is 28.2 Å². The second-order valence-electron chi connectivity index (χ2n) is 3.89. The van der Waals surface area contributed by atoms with E-state index in [-0.39, 0.29) is 12.4 Å². The van der Waals surface area contributed by atoms with Crippen molar-refractivity contribution in [1.29, 1.82) is 0 Å². The minimum atomic E-state index is 0. The van der Waals surface area contributed by atoms with Crippen molar-refractivity contribution in [1.82, 2.24) is 0 Å². The van der Waals surface area contributed by atoms with Gasteiger partial charge in [0, 0.05) is 6.54 Å². The van der Waals surface area contributed by atoms with Crippen molar-refractivity contribution >= 4 is 47.3 Å². The molecule has 17 heavy (non-hydrogen) atoms. The number of nitrogens with one attached hydrogen (secondary N) is 1. The summed E-state index contributed by atoms with van der Waals surface area (Å²) >= 11 is 12.0. The van der Waals surface area contributed by atoms with Gasteiger partial charge >= 0.3 is 0 Å². The molecule has 6 heteroatoms. The minimum absolute atomic E-state index is 0. The number of halogens is 3. The van der Waals surface area contributed by atoms with Gasteiger partial charge in [-0.15, -0.1) is 12.4 Å². The number of para-hydroxylation sites is 1. The summed E-state index contributed by atoms with van der Waals surface area (Å²) in [7, 11) is 0. The summed E-state index contributed by atoms with van der Waals surface area (Å²) in [5, 5.41) is 4.00. The highest BCUT2D eigenvalue weighted by Gasteiger charge is 2.20. The molecule has 0 heterocycles. The normalized spacial score (nSPS) is 15.3. The number of hydrogen-bond donors (Lipinski definition) is 2. The van der Waals surface area contributed by atoms with E-state index in [1.807, 2.05) is 0 Å². The monoisotopic (exact) mass is 293 g/mol. The topological polar surface area (TPSA) is 50.4 Å². The summed E-state index contributed by atoms with van der Waals surface area (Å²) in [6.45, 7) is 0.779. The average Bonchev–Trinajstić information content (AvgIpc) is 3.04. The summed E-state index contributed by atoms with van der Waals surface area (Å²) in [4.78, 5) is 4.23. The Bertz CT molecular complexity index is 396. The van der Waals surface area contributed by atoms with Crippen LogP contribution in [0.5, 0.6) is 0 Å². The van der Waals surface area contributed by atoms with Crippen molar-refractivity contribution in [2.24, 2.45) is 16.6 Å². The third-order valence-corrected chi connectivity index (χ3v) is 3.06. The van der Waals surface area contributed by atoms with E-state index in [1.54, 1.807) is 18.2 Å². The molecule has 0 aromatic heterocycles. The summed E-state index contributed by atoms with van der Waals surface area (Å²) in [6.07, 6.45) is 2.51. The van der Waals surface area contributed by atoms with E-state index in [2.05, 4.69) is 10.3 Å². The Hall–Kier alpha value is -0.640. The first-order chi connectivity index (χ1) is 7.66. The van der Waals surface area contributed by atoms with Crippen LogP contribution in [0.3, 0.4) is 0 Å². The molecule has 0 amide bonds. The fraction of sp³-hybridized carbons (Fsp3) is 0.364. The molecule has 0 spiro atoms. The first kappa shape index (κ1) is 14.4. The highest BCUT2D eigenvalue weighted by atomic mass is 35.5. The van der Waals surface area contributed by atoms with Gasteiger partial charge in [-0.3, -0.25) is 4.99 Å². The second-order valence-corrected chi connectivity index (χ2v) is 4.71. The zero-order valence-electron chi connectivity index (χ0n) is 9.12. The number of hydrogen-bond acceptors (Lipinski definition) is 1. The maximum atomic E-state index is 5.99. The van der Waals surface area contributed by atoms with Crippen molar-refractivity contribution in [3.8, 4) is 0 Å². The molecule has 1 aliphatic rings. The van der Waals surface area contributed by atoms with Crippen LogP contribution in [0.4, 0.5) is 5.69 Å². The number of guanidine groups is 1. The standard InChI is InChI=1S/C11H13Cl2N3.ClH/c12-8-2-1-3-9(13)10(8)16-11(14)15-6-7-4-5-7;/h1-3,7H,4-6H2,(H3,14,15,16);1H. The van der Waals surface area contributed by atoms with Crippen LogP contribution in [0.15, 0.2) is 23.2 Å². The zero-order chi connectivity index (χ0) is 11.5. The van der Waals surface area contributed by atoms with E-state index in [4.69, 9.17) is 28.9 Å². The smallest absolute Gasteiger partial charge is 0.193 e. The molecule has 3 nitrogen and oxygen atoms in total. The van der Waals surface area contributed by atoms with Gasteiger partial charge in [0.05, 0.1) is 15.7 Å². The van der Waals surface area contributed by atoms with Crippen LogP contribution in [0.1, 0.15) is 12.8 Å². The Labute approximate surface area is 117 Å². The molecule has 1 aromatic rings. The van der Waals surface area contributed by atoms with E-state index in [0.717, 1.165) is 6.54 Å². The molecule has 0 unspecified atom stereocenters. The molecular weight excluding hydrogens is 281 g/mol. The number of anilines is 1. The van der Waals surface area contributed by atoms with E-state index < -0.39 is 0 Å². The maximum absolute atomic E-state index is 5.99. The van der Waals surface area contributed by atoms with Crippen molar-refractivity contribution < 1.29 is 0 Å². The van der Waals surface area contributed by atoms with Crippen LogP contribution in [0.2, 0.25) is 10.0 Å². The van der Waals surface area contributed by atoms with Gasteiger partial charge in [0.25, 0.3) is 0 Å². The van der Waals surface area contributed by atoms with Crippen LogP contribution in [-0.4, -0.2) is 12.5 Å². The fourth-order valence-electron chi connectivity index (χ4n) is 1.31. The summed E-state index contributed by atoms with van der Waals surface area (Å²) in [5.41, 5.74) is 6.35. The molecule has 1 aromatic carbocycles. The molecular formula is C11H14Cl3N3. The Morgan fingerprint density at radius 2 is 1.94 bits per heavy atom. The quantitative estimate of drug-likeness (QED) is 0.661. The maximum Gasteiger partial charge on any atom is 0.193 e. The number of nitrogens with two attached hydrogens (primary N) is 1. The molecule has 2 rings (SSSR count). The van der Waals surface area contributed by atoms with Crippen LogP contribution in [0, 0.1) is 5.92 Å². The summed E-state index contributed by atoms with van der Waals surface area (Å²) < 4.78 is 0. The van der Waals surface area contributed by atoms with Crippen molar-refractivity contribution in [2.75, 3.05) is 11.9 Å². The minimum Gasteiger partial charge on any atom is -0.370 e. The average molecular weight is 295 g/mol. The molecule has 1 aliphatic carbocycles. The first-order valence-electron chi connectivity index (χ1n) is 5.18. The highest BCUT2D eigenvalue weighted by molar-refractivity contribution is 6.39. The second kappa shape index (κ2) is 6.34. The van der Waals surface area contributed by atoms with E-state index in [9.17, 15) is 0 Å². The van der Waals surface area contributed by atoms with Crippen LogP contribution in [0.25, 0.3) is 0 Å². The van der Waals surface area contributed by atoms with E-state index in [0.29, 0.717) is 27.6 Å². The summed E-state index contributed by atoms with van der Waals surface area (Å²) in [6, 6.07) is 5.29. The van der Waals surface area contributed by atoms with Gasteiger partial charge in [0.1, 0.15) is 0 Å². The number of nitrogens with zero attached hydrogens (tertiary/aromatic N) is 1. The van der Waals surface area contributed by atoms with Gasteiger partial charge in [-0.25, -0.2) is 0 Å². The third kappa shape index (κ3) is 4.26. The molecule has 0 bridgehead atoms. The molecule has 94 valence electrons. The van der Waals surface area contributed by atoms with Crippen LogP contribution >= 0.6 is 35.6 Å². The molecule has 3 N–H and O–H groups in total. The van der Waals surface area contributed by atoms with Crippen LogP contribution < -0.4 is 11.1 Å². The highest BCUT2D eigenvalue weighted by Crippen LogP contribution is 2.30. The summed E-state index contributed by atoms with van der Waals surface area (Å²) in [5.74, 6) is 1.07. The van der Waals surface area contributed by atoms with Gasteiger partial charge in [0.2, 0.25) is 0 Å². The lowest BCUT2D eigenvalue weighted by molar-refractivity contribution is 0.846. The zero-order valence-corrected chi connectivity index (χ0v) is 11.4. The van der Waals surface area contributed by atoms with E-state index in [1.165, 1.54) is 12.8 Å². The Kier molecular flexibility index (Phi) is 5.37. The van der Waals surface area contributed by atoms with Gasteiger partial charge in [-0.2, -0.15) is 0 Å². The lowest BCUT2D eigenvalue weighted by Crippen LogP contribution is -2.23. The Morgan fingerprint density at radius 3 is 2.47 bits per heavy atom. The molecule has 0 atom stereocenters. The lowest BCUT2D eigenvalue weighted by Gasteiger charge is -2.09. The first-order valence-corrected chi connectivity index (χ1v) is 5.93. The molecule has 1 saturated carbocycles. The van der Waals surface area contributed by atoms with Gasteiger partial charge in [0.15, 0.2) is 5.96 Å². The van der Waals surface area contributed by atoms with Crippen molar-refractivity contribution in [2.45, 2.75) is 12.8 Å². The van der Waals surface area contributed by atoms with Gasteiger partial charge < -0.3 is 11.1 Å². The molecule has 0 saturated heterocycles. The van der Waals surface area contributed by atoms with Gasteiger partial charge in [-0.1, -0.05) is 29.3 Å². The SMILES string of the molecule is Cl.NC(=NCC1CC1)Nc1c(Cl)cccc1Cl. The molecule has 0 radical (unpaired) electrons. The Morgan fingerprint density at radius 1 is 1.35 bits per heavy atom. The third-order valence-electron chi connectivity index (χ3n) is 2.43. The fourth-order valence-corrected chi connectivity index (χ4v) is 1.80. The predicted molar refractivity (Wildman–Crippen MR) is 76.5 cm³/mol. The molecule has 0 aliphatic heterocycles. The number of benzene rings is 1. The lowest BCUT2D eigenvalue weighted by atomic mass is 10.3. The van der Waals surface area contributed by atoms with Gasteiger partial charge in [-0.05, 0) is 30.9 Å². The molecule has 1 fully saturated rings. The van der Waals surface area contributed by atoms with Crippen molar-refractivity contribution in [3.63, 3.8) is 0 Å². The number of aliphatic imine (C=N–C) groups is 1. The number of rotatable bonds is 3. The Balaban J connectivity index is 0.00000144.